The van der Waals surface area contributed by atoms with Crippen LogP contribution in [-0.2, 0) is 0 Å². The second-order valence-electron chi connectivity index (χ2n) is 4.21. The van der Waals surface area contributed by atoms with Crippen molar-refractivity contribution in [3.8, 4) is 0 Å². The molecule has 0 heterocycles. The average molecular weight is 177 g/mol. The Bertz CT molecular complexity index is 267. The molecule has 1 aliphatic rings. The summed E-state index contributed by atoms with van der Waals surface area (Å²) in [6, 6.07) is 0. The molecule has 0 unspecified atom stereocenters. The first-order valence-corrected chi connectivity index (χ1v) is 4.79. The molecule has 0 spiro atoms. The van der Waals surface area contributed by atoms with Crippen molar-refractivity contribution in [2.75, 3.05) is 7.05 Å². The van der Waals surface area contributed by atoms with E-state index in [4.69, 9.17) is 0 Å². The molecule has 1 heteroatoms. The van der Waals surface area contributed by atoms with E-state index >= 15 is 0 Å². The second kappa shape index (κ2) is 3.82. The molecule has 0 aromatic heterocycles. The summed E-state index contributed by atoms with van der Waals surface area (Å²) in [4.78, 5) is 0. The van der Waals surface area contributed by atoms with Crippen LogP contribution in [0, 0.1) is 5.41 Å². The Morgan fingerprint density at radius 3 is 2.69 bits per heavy atom. The van der Waals surface area contributed by atoms with Crippen LogP contribution < -0.4 is 5.32 Å². The summed E-state index contributed by atoms with van der Waals surface area (Å²) in [7, 11) is 1.93. The SMILES string of the molecule is CN/C=C\C1=C(C)C=CCC1(C)C. The lowest BCUT2D eigenvalue weighted by Gasteiger charge is -2.29. The van der Waals surface area contributed by atoms with E-state index in [0.717, 1.165) is 6.42 Å². The highest BCUT2D eigenvalue weighted by Crippen LogP contribution is 2.37. The van der Waals surface area contributed by atoms with E-state index in [-0.39, 0.29) is 5.41 Å². The molecular weight excluding hydrogens is 158 g/mol. The number of hydrogen-bond donors (Lipinski definition) is 1. The topological polar surface area (TPSA) is 12.0 Å². The third-order valence-corrected chi connectivity index (χ3v) is 2.57. The van der Waals surface area contributed by atoms with Gasteiger partial charge in [0.15, 0.2) is 0 Å². The van der Waals surface area contributed by atoms with E-state index in [0.29, 0.717) is 0 Å². The minimum absolute atomic E-state index is 0.284. The zero-order valence-electron chi connectivity index (χ0n) is 9.02. The van der Waals surface area contributed by atoms with Gasteiger partial charge in [-0.3, -0.25) is 0 Å². The maximum atomic E-state index is 3.03. The maximum Gasteiger partial charge on any atom is 0.00277 e. The Balaban J connectivity index is 2.98. The molecule has 1 nitrogen and oxygen atoms in total. The Morgan fingerprint density at radius 2 is 2.15 bits per heavy atom. The van der Waals surface area contributed by atoms with Crippen LogP contribution in [0.2, 0.25) is 0 Å². The predicted octanol–water partition coefficient (Wildman–Crippen LogP) is 3.02. The van der Waals surface area contributed by atoms with Gasteiger partial charge >= 0.3 is 0 Å². The van der Waals surface area contributed by atoms with Crippen LogP contribution in [0.1, 0.15) is 27.2 Å². The molecule has 13 heavy (non-hydrogen) atoms. The van der Waals surface area contributed by atoms with Crippen LogP contribution in [0.3, 0.4) is 0 Å². The van der Waals surface area contributed by atoms with E-state index in [9.17, 15) is 0 Å². The molecule has 0 radical (unpaired) electrons. The van der Waals surface area contributed by atoms with Gasteiger partial charge in [0, 0.05) is 7.05 Å². The molecule has 1 N–H and O–H groups in total. The van der Waals surface area contributed by atoms with Gasteiger partial charge in [0.1, 0.15) is 0 Å². The Labute approximate surface area is 81.2 Å². The van der Waals surface area contributed by atoms with Crippen molar-refractivity contribution in [3.63, 3.8) is 0 Å². The van der Waals surface area contributed by atoms with Crippen LogP contribution in [0.25, 0.3) is 0 Å². The molecular formula is C12H19N. The molecule has 0 bridgehead atoms. The summed E-state index contributed by atoms with van der Waals surface area (Å²) in [5.74, 6) is 0. The van der Waals surface area contributed by atoms with Gasteiger partial charge in [0.2, 0.25) is 0 Å². The molecule has 0 saturated carbocycles. The number of allylic oxidation sites excluding steroid dienone is 5. The maximum absolute atomic E-state index is 3.03. The third-order valence-electron chi connectivity index (χ3n) is 2.57. The van der Waals surface area contributed by atoms with Crippen LogP contribution >= 0.6 is 0 Å². The summed E-state index contributed by atoms with van der Waals surface area (Å²) < 4.78 is 0. The molecule has 0 amide bonds. The molecule has 72 valence electrons. The lowest BCUT2D eigenvalue weighted by Crippen LogP contribution is -2.16. The zero-order valence-corrected chi connectivity index (χ0v) is 9.02. The number of rotatable bonds is 2. The molecule has 0 fully saturated rings. The Morgan fingerprint density at radius 1 is 1.46 bits per heavy atom. The Kier molecular flexibility index (Phi) is 2.97. The molecule has 0 atom stereocenters. The van der Waals surface area contributed by atoms with E-state index < -0.39 is 0 Å². The van der Waals surface area contributed by atoms with Crippen LogP contribution in [0.5, 0.6) is 0 Å². The van der Waals surface area contributed by atoms with Gasteiger partial charge in [-0.15, -0.1) is 0 Å². The minimum Gasteiger partial charge on any atom is -0.394 e. The van der Waals surface area contributed by atoms with Crippen molar-refractivity contribution in [2.24, 2.45) is 5.41 Å². The van der Waals surface area contributed by atoms with Crippen molar-refractivity contribution in [2.45, 2.75) is 27.2 Å². The monoisotopic (exact) mass is 177 g/mol. The first-order valence-electron chi connectivity index (χ1n) is 4.79. The molecule has 0 aromatic carbocycles. The normalized spacial score (nSPS) is 21.2. The van der Waals surface area contributed by atoms with Crippen LogP contribution in [-0.4, -0.2) is 7.05 Å². The quantitative estimate of drug-likeness (QED) is 0.683. The summed E-state index contributed by atoms with van der Waals surface area (Å²) >= 11 is 0. The minimum atomic E-state index is 0.284. The highest BCUT2D eigenvalue weighted by molar-refractivity contribution is 5.39. The van der Waals surface area contributed by atoms with Gasteiger partial charge in [-0.2, -0.15) is 0 Å². The number of hydrogen-bond acceptors (Lipinski definition) is 1. The van der Waals surface area contributed by atoms with Crippen molar-refractivity contribution in [3.05, 3.63) is 35.6 Å². The molecule has 0 aliphatic heterocycles. The van der Waals surface area contributed by atoms with Crippen molar-refractivity contribution in [1.82, 2.24) is 5.32 Å². The van der Waals surface area contributed by atoms with Crippen LogP contribution in [0.15, 0.2) is 35.6 Å². The fourth-order valence-electron chi connectivity index (χ4n) is 1.79. The van der Waals surface area contributed by atoms with Crippen molar-refractivity contribution in [1.29, 1.82) is 0 Å². The highest BCUT2D eigenvalue weighted by atomic mass is 14.8. The number of nitrogens with one attached hydrogen (secondary N) is 1. The van der Waals surface area contributed by atoms with Gasteiger partial charge in [-0.1, -0.05) is 26.0 Å². The summed E-state index contributed by atoms with van der Waals surface area (Å²) in [5, 5.41) is 3.03. The van der Waals surface area contributed by atoms with Gasteiger partial charge in [-0.05, 0) is 42.2 Å². The van der Waals surface area contributed by atoms with Gasteiger partial charge in [-0.25, -0.2) is 0 Å². The predicted molar refractivity (Wildman–Crippen MR) is 58.4 cm³/mol. The van der Waals surface area contributed by atoms with E-state index in [1.807, 2.05) is 13.2 Å². The fourth-order valence-corrected chi connectivity index (χ4v) is 1.79. The molecule has 0 aromatic rings. The fraction of sp³-hybridized carbons (Fsp3) is 0.500. The smallest absolute Gasteiger partial charge is 0.00277 e. The van der Waals surface area contributed by atoms with Crippen molar-refractivity contribution >= 4 is 0 Å². The van der Waals surface area contributed by atoms with E-state index in [1.165, 1.54) is 11.1 Å². The molecule has 1 rings (SSSR count). The third kappa shape index (κ3) is 2.24. The summed E-state index contributed by atoms with van der Waals surface area (Å²) in [6.45, 7) is 6.75. The van der Waals surface area contributed by atoms with Gasteiger partial charge < -0.3 is 5.32 Å². The molecule has 1 aliphatic carbocycles. The van der Waals surface area contributed by atoms with E-state index in [2.05, 4.69) is 44.3 Å². The zero-order chi connectivity index (χ0) is 9.90. The second-order valence-corrected chi connectivity index (χ2v) is 4.21. The standard InChI is InChI=1S/C12H19N/c1-10-6-5-8-12(2,3)11(10)7-9-13-4/h5-7,9,13H,8H2,1-4H3/b9-7-. The lowest BCUT2D eigenvalue weighted by atomic mass is 9.76. The Hall–Kier alpha value is -0.980. The lowest BCUT2D eigenvalue weighted by molar-refractivity contribution is 0.455. The van der Waals surface area contributed by atoms with Crippen molar-refractivity contribution < 1.29 is 0 Å². The van der Waals surface area contributed by atoms with E-state index in [1.54, 1.807) is 0 Å². The van der Waals surface area contributed by atoms with Gasteiger partial charge in [0.25, 0.3) is 0 Å². The average Bonchev–Trinajstić information content (AvgIpc) is 2.02. The highest BCUT2D eigenvalue weighted by Gasteiger charge is 2.23. The largest absolute Gasteiger partial charge is 0.394 e. The first kappa shape index (κ1) is 10.1. The first-order chi connectivity index (χ1) is 6.08. The summed E-state index contributed by atoms with van der Waals surface area (Å²) in [5.41, 5.74) is 3.10. The molecule has 0 saturated heterocycles. The summed E-state index contributed by atoms with van der Waals surface area (Å²) in [6.07, 6.45) is 9.78. The van der Waals surface area contributed by atoms with Gasteiger partial charge in [0.05, 0.1) is 0 Å². The van der Waals surface area contributed by atoms with Crippen LogP contribution in [0.4, 0.5) is 0 Å².